The summed E-state index contributed by atoms with van der Waals surface area (Å²) in [7, 11) is -4.43. The van der Waals surface area contributed by atoms with Crippen LogP contribution < -0.4 is 5.01 Å². The molecule has 0 atom stereocenters. The molecule has 7 nitrogen and oxygen atoms in total. The van der Waals surface area contributed by atoms with E-state index in [9.17, 15) is 22.6 Å². The van der Waals surface area contributed by atoms with Gasteiger partial charge in [0.05, 0.1) is 17.1 Å². The van der Waals surface area contributed by atoms with Crippen molar-refractivity contribution in [2.75, 3.05) is 5.01 Å². The summed E-state index contributed by atoms with van der Waals surface area (Å²) < 4.78 is 32.3. The van der Waals surface area contributed by atoms with Crippen molar-refractivity contribution in [1.29, 1.82) is 0 Å². The van der Waals surface area contributed by atoms with Crippen LogP contribution in [0.5, 0.6) is 0 Å². The maximum absolute atomic E-state index is 12.2. The summed E-state index contributed by atoms with van der Waals surface area (Å²) in [5.41, 5.74) is 0.738. The second-order valence-corrected chi connectivity index (χ2v) is 6.64. The zero-order chi connectivity index (χ0) is 17.3. The number of rotatable bonds is 4. The molecule has 0 bridgehead atoms. The number of nitrogens with zero attached hydrogens (tertiary/aromatic N) is 2. The summed E-state index contributed by atoms with van der Waals surface area (Å²) in [4.78, 5) is 24.1. The van der Waals surface area contributed by atoms with Crippen LogP contribution in [0.25, 0.3) is 0 Å². The zero-order valence-electron chi connectivity index (χ0n) is 12.5. The first-order valence-corrected chi connectivity index (χ1v) is 8.55. The molecule has 2 aromatic rings. The lowest BCUT2D eigenvalue weighted by molar-refractivity contribution is -0.128. The number of hydrogen-bond acceptors (Lipinski definition) is 4. The minimum atomic E-state index is -4.43. The van der Waals surface area contributed by atoms with Crippen molar-refractivity contribution >= 4 is 27.6 Å². The van der Waals surface area contributed by atoms with Gasteiger partial charge in [0, 0.05) is 0 Å². The van der Waals surface area contributed by atoms with Gasteiger partial charge in [0.2, 0.25) is 0 Å². The molecule has 1 N–H and O–H groups in total. The number of benzene rings is 2. The average molecular weight is 346 g/mol. The van der Waals surface area contributed by atoms with Gasteiger partial charge in [-0.1, -0.05) is 36.4 Å². The molecular weight excluding hydrogens is 332 g/mol. The fourth-order valence-corrected chi connectivity index (χ4v) is 3.32. The van der Waals surface area contributed by atoms with Crippen molar-refractivity contribution in [3.63, 3.8) is 0 Å². The van der Waals surface area contributed by atoms with Gasteiger partial charge in [-0.15, -0.1) is 0 Å². The smallest absolute Gasteiger partial charge is 0.282 e. The van der Waals surface area contributed by atoms with E-state index in [1.165, 1.54) is 28.2 Å². The van der Waals surface area contributed by atoms with Crippen molar-refractivity contribution in [3.05, 3.63) is 60.2 Å². The molecule has 0 radical (unpaired) electrons. The van der Waals surface area contributed by atoms with Crippen LogP contribution in [0.15, 0.2) is 59.5 Å². The first kappa shape index (κ1) is 16.2. The molecule has 124 valence electrons. The number of para-hydroxylation sites is 1. The Bertz CT molecular complexity index is 896. The van der Waals surface area contributed by atoms with Crippen molar-refractivity contribution in [2.24, 2.45) is 0 Å². The first-order valence-electron chi connectivity index (χ1n) is 7.11. The van der Waals surface area contributed by atoms with Crippen molar-refractivity contribution in [3.8, 4) is 0 Å². The second kappa shape index (κ2) is 6.06. The molecular formula is C16H14N2O5S. The third-order valence-electron chi connectivity index (χ3n) is 3.64. The van der Waals surface area contributed by atoms with Crippen LogP contribution >= 0.6 is 0 Å². The molecule has 8 heteroatoms. The minimum absolute atomic E-state index is 0.143. The summed E-state index contributed by atoms with van der Waals surface area (Å²) in [6.07, 6.45) is -0.289. The molecule has 1 fully saturated rings. The van der Waals surface area contributed by atoms with E-state index in [1.54, 1.807) is 36.4 Å². The normalized spacial score (nSPS) is 15.2. The van der Waals surface area contributed by atoms with E-state index in [2.05, 4.69) is 0 Å². The lowest BCUT2D eigenvalue weighted by Gasteiger charge is -2.28. The Labute approximate surface area is 138 Å². The van der Waals surface area contributed by atoms with E-state index in [-0.39, 0.29) is 23.4 Å². The third-order valence-corrected chi connectivity index (χ3v) is 4.59. The number of hydrogen-bond donors (Lipinski definition) is 1. The van der Waals surface area contributed by atoms with Crippen molar-refractivity contribution in [1.82, 2.24) is 5.01 Å². The number of hydrazine groups is 1. The van der Waals surface area contributed by atoms with Gasteiger partial charge in [0.25, 0.3) is 21.9 Å². The molecule has 3 rings (SSSR count). The number of amides is 2. The van der Waals surface area contributed by atoms with Gasteiger partial charge in [-0.3, -0.25) is 14.1 Å². The Balaban J connectivity index is 2.00. The Morgan fingerprint density at radius 3 is 2.21 bits per heavy atom. The Kier molecular flexibility index (Phi) is 4.08. The molecule has 1 aliphatic rings. The van der Waals surface area contributed by atoms with Crippen LogP contribution in [-0.4, -0.2) is 29.8 Å². The van der Waals surface area contributed by atoms with E-state index >= 15 is 0 Å². The van der Waals surface area contributed by atoms with Crippen molar-refractivity contribution in [2.45, 2.75) is 17.9 Å². The highest BCUT2D eigenvalue weighted by Gasteiger charge is 2.37. The minimum Gasteiger partial charge on any atom is -0.282 e. The molecule has 2 amide bonds. The van der Waals surface area contributed by atoms with Gasteiger partial charge in [0.1, 0.15) is 6.42 Å². The molecule has 0 aliphatic carbocycles. The Morgan fingerprint density at radius 2 is 1.54 bits per heavy atom. The van der Waals surface area contributed by atoms with Gasteiger partial charge in [0.15, 0.2) is 0 Å². The number of anilines is 1. The topological polar surface area (TPSA) is 95.0 Å². The van der Waals surface area contributed by atoms with Crippen LogP contribution in [0.3, 0.4) is 0 Å². The summed E-state index contributed by atoms with van der Waals surface area (Å²) in [5.74, 6) is -0.829. The molecule has 2 aromatic carbocycles. The van der Waals surface area contributed by atoms with E-state index in [1.807, 2.05) is 0 Å². The molecule has 1 aliphatic heterocycles. The fourth-order valence-electron chi connectivity index (χ4n) is 2.60. The lowest BCUT2D eigenvalue weighted by atomic mass is 10.2. The molecule has 1 saturated heterocycles. The summed E-state index contributed by atoms with van der Waals surface area (Å²) in [6.45, 7) is -0.143. The second-order valence-electron chi connectivity index (χ2n) is 5.25. The molecule has 0 aromatic heterocycles. The van der Waals surface area contributed by atoms with Gasteiger partial charge in [-0.25, -0.2) is 10.0 Å². The van der Waals surface area contributed by atoms with Gasteiger partial charge in [-0.2, -0.15) is 8.42 Å². The third kappa shape index (κ3) is 3.01. The summed E-state index contributed by atoms with van der Waals surface area (Å²) >= 11 is 0. The predicted octanol–water partition coefficient (Wildman–Crippen LogP) is 1.61. The standard InChI is InChI=1S/C16H14N2O5S/c19-15-10-16(20)18(13-7-2-1-3-8-13)17(15)11-12-6-4-5-9-14(12)24(21,22)23/h1-9H,10-11H2,(H,21,22,23). The summed E-state index contributed by atoms with van der Waals surface area (Å²) in [6, 6.07) is 14.4. The molecule has 24 heavy (non-hydrogen) atoms. The van der Waals surface area contributed by atoms with E-state index in [0.717, 1.165) is 0 Å². The van der Waals surface area contributed by atoms with Gasteiger partial charge >= 0.3 is 0 Å². The van der Waals surface area contributed by atoms with Crippen LogP contribution in [0, 0.1) is 0 Å². The molecule has 1 heterocycles. The fraction of sp³-hybridized carbons (Fsp3) is 0.125. The van der Waals surface area contributed by atoms with Crippen LogP contribution in [0.1, 0.15) is 12.0 Å². The number of carbonyl (C=O) groups excluding carboxylic acids is 2. The quantitative estimate of drug-likeness (QED) is 0.670. The highest BCUT2D eigenvalue weighted by atomic mass is 32.2. The molecule has 0 spiro atoms. The maximum Gasteiger partial charge on any atom is 0.294 e. The van der Waals surface area contributed by atoms with E-state index in [4.69, 9.17) is 0 Å². The largest absolute Gasteiger partial charge is 0.294 e. The highest BCUT2D eigenvalue weighted by molar-refractivity contribution is 7.85. The van der Waals surface area contributed by atoms with Gasteiger partial charge < -0.3 is 0 Å². The first-order chi connectivity index (χ1) is 11.4. The van der Waals surface area contributed by atoms with E-state index < -0.39 is 21.9 Å². The Morgan fingerprint density at radius 1 is 0.917 bits per heavy atom. The monoisotopic (exact) mass is 346 g/mol. The van der Waals surface area contributed by atoms with Crippen LogP contribution in [-0.2, 0) is 26.3 Å². The molecule has 0 unspecified atom stereocenters. The summed E-state index contributed by atoms with van der Waals surface area (Å²) in [5, 5.41) is 2.41. The average Bonchev–Trinajstić information content (AvgIpc) is 2.81. The maximum atomic E-state index is 12.2. The highest BCUT2D eigenvalue weighted by Crippen LogP contribution is 2.26. The predicted molar refractivity (Wildman–Crippen MR) is 85.4 cm³/mol. The van der Waals surface area contributed by atoms with Crippen LogP contribution in [0.2, 0.25) is 0 Å². The van der Waals surface area contributed by atoms with E-state index in [0.29, 0.717) is 5.69 Å². The van der Waals surface area contributed by atoms with Gasteiger partial charge in [-0.05, 0) is 23.8 Å². The SMILES string of the molecule is O=C1CC(=O)N(c2ccccc2)N1Cc1ccccc1S(=O)(=O)O. The molecule has 0 saturated carbocycles. The van der Waals surface area contributed by atoms with Crippen molar-refractivity contribution < 1.29 is 22.6 Å². The number of carbonyl (C=O) groups is 2. The zero-order valence-corrected chi connectivity index (χ0v) is 13.3. The lowest BCUT2D eigenvalue weighted by Crippen LogP contribution is -2.40. The Hall–Kier alpha value is -2.71. The van der Waals surface area contributed by atoms with Crippen LogP contribution in [0.4, 0.5) is 5.69 Å².